The van der Waals surface area contributed by atoms with E-state index in [1.165, 1.54) is 18.3 Å². The molecule has 1 saturated carbocycles. The Labute approximate surface area is 181 Å². The number of aliphatic hydroxyl groups excluding tert-OH is 1. The third-order valence-electron chi connectivity index (χ3n) is 5.46. The topological polar surface area (TPSA) is 83.0 Å². The standard InChI is InChI=1S/C21H18ClF3N2O3S/c22-15-6-1-11(9-19(15)31(29,30)14-4-2-13(28)3-5-14)21-26-10-18(27-21)12-7-16(23)20(25)17(24)8-12/h1,6-10,13-14,28H,2-5H2,(H,26,27)/t13-,14-. The van der Waals surface area contributed by atoms with Gasteiger partial charge >= 0.3 is 0 Å². The number of nitrogens with zero attached hydrogens (tertiary/aromatic N) is 1. The van der Waals surface area contributed by atoms with Crippen molar-refractivity contribution in [3.63, 3.8) is 0 Å². The number of aromatic amines is 1. The zero-order chi connectivity index (χ0) is 22.3. The number of benzene rings is 2. The van der Waals surface area contributed by atoms with E-state index in [0.29, 0.717) is 31.2 Å². The molecule has 0 bridgehead atoms. The highest BCUT2D eigenvalue weighted by Crippen LogP contribution is 2.35. The van der Waals surface area contributed by atoms with Gasteiger partial charge in [0.05, 0.1) is 33.2 Å². The molecule has 1 aliphatic carbocycles. The Morgan fingerprint density at radius 3 is 2.29 bits per heavy atom. The Balaban J connectivity index is 1.68. The van der Waals surface area contributed by atoms with E-state index >= 15 is 0 Å². The summed E-state index contributed by atoms with van der Waals surface area (Å²) >= 11 is 6.19. The average molecular weight is 471 g/mol. The Morgan fingerprint density at radius 2 is 1.65 bits per heavy atom. The molecule has 0 saturated heterocycles. The molecule has 0 spiro atoms. The van der Waals surface area contributed by atoms with Gasteiger partial charge in [-0.3, -0.25) is 0 Å². The molecule has 0 atom stereocenters. The lowest BCUT2D eigenvalue weighted by Crippen LogP contribution is -2.29. The van der Waals surface area contributed by atoms with Gasteiger partial charge in [-0.1, -0.05) is 11.6 Å². The molecular formula is C21H18ClF3N2O3S. The molecule has 5 nitrogen and oxygen atoms in total. The number of halogens is 4. The van der Waals surface area contributed by atoms with Crippen molar-refractivity contribution in [3.8, 4) is 22.6 Å². The second-order valence-corrected chi connectivity index (χ2v) is 10.1. The van der Waals surface area contributed by atoms with Crippen molar-refractivity contribution >= 4 is 21.4 Å². The van der Waals surface area contributed by atoms with E-state index in [1.807, 2.05) is 0 Å². The van der Waals surface area contributed by atoms with Gasteiger partial charge in [-0.05, 0) is 56.0 Å². The molecule has 2 N–H and O–H groups in total. The van der Waals surface area contributed by atoms with Crippen molar-refractivity contribution in [2.45, 2.75) is 41.9 Å². The van der Waals surface area contributed by atoms with Crippen LogP contribution in [0.4, 0.5) is 13.2 Å². The van der Waals surface area contributed by atoms with Crippen LogP contribution in [0.25, 0.3) is 22.6 Å². The van der Waals surface area contributed by atoms with Gasteiger partial charge in [0, 0.05) is 11.1 Å². The van der Waals surface area contributed by atoms with Crippen LogP contribution in [-0.4, -0.2) is 34.8 Å². The first-order valence-corrected chi connectivity index (χ1v) is 11.5. The van der Waals surface area contributed by atoms with Gasteiger partial charge in [0.25, 0.3) is 0 Å². The van der Waals surface area contributed by atoms with Crippen LogP contribution >= 0.6 is 11.6 Å². The number of hydrogen-bond donors (Lipinski definition) is 2. The Hall–Kier alpha value is -2.36. The van der Waals surface area contributed by atoms with E-state index in [-0.39, 0.29) is 27.0 Å². The summed E-state index contributed by atoms with van der Waals surface area (Å²) in [5.41, 5.74) is 0.694. The van der Waals surface area contributed by atoms with Crippen LogP contribution in [0.2, 0.25) is 5.02 Å². The number of aromatic nitrogens is 2. The Kier molecular flexibility index (Phi) is 5.85. The van der Waals surface area contributed by atoms with E-state index in [2.05, 4.69) is 9.97 Å². The monoisotopic (exact) mass is 470 g/mol. The summed E-state index contributed by atoms with van der Waals surface area (Å²) < 4.78 is 66.5. The van der Waals surface area contributed by atoms with Gasteiger partial charge in [-0.15, -0.1) is 0 Å². The summed E-state index contributed by atoms with van der Waals surface area (Å²) in [5, 5.41) is 9.09. The average Bonchev–Trinajstić information content (AvgIpc) is 3.22. The van der Waals surface area contributed by atoms with Crippen molar-refractivity contribution in [3.05, 3.63) is 59.0 Å². The first-order valence-electron chi connectivity index (χ1n) is 9.58. The largest absolute Gasteiger partial charge is 0.393 e. The first-order chi connectivity index (χ1) is 14.7. The molecule has 31 heavy (non-hydrogen) atoms. The highest BCUT2D eigenvalue weighted by atomic mass is 35.5. The third-order valence-corrected chi connectivity index (χ3v) is 8.21. The zero-order valence-corrected chi connectivity index (χ0v) is 17.7. The van der Waals surface area contributed by atoms with Crippen molar-refractivity contribution in [1.82, 2.24) is 9.97 Å². The molecule has 2 aromatic carbocycles. The van der Waals surface area contributed by atoms with Gasteiger partial charge in [-0.2, -0.15) is 0 Å². The summed E-state index contributed by atoms with van der Waals surface area (Å²) in [6.45, 7) is 0. The molecule has 0 unspecified atom stereocenters. The van der Waals surface area contributed by atoms with Crippen LogP contribution in [0.3, 0.4) is 0 Å². The molecular weight excluding hydrogens is 453 g/mol. The molecule has 4 rings (SSSR count). The summed E-state index contributed by atoms with van der Waals surface area (Å²) in [6, 6.07) is 6.09. The minimum Gasteiger partial charge on any atom is -0.393 e. The van der Waals surface area contributed by atoms with Gasteiger partial charge in [-0.25, -0.2) is 26.6 Å². The van der Waals surface area contributed by atoms with Crippen molar-refractivity contribution in [1.29, 1.82) is 0 Å². The minimum atomic E-state index is -3.73. The van der Waals surface area contributed by atoms with Crippen molar-refractivity contribution in [2.24, 2.45) is 0 Å². The normalized spacial score (nSPS) is 19.5. The quantitative estimate of drug-likeness (QED) is 0.532. The number of hydrogen-bond acceptors (Lipinski definition) is 4. The lowest BCUT2D eigenvalue weighted by Gasteiger charge is -2.25. The van der Waals surface area contributed by atoms with E-state index in [4.69, 9.17) is 11.6 Å². The van der Waals surface area contributed by atoms with Gasteiger partial charge < -0.3 is 10.1 Å². The van der Waals surface area contributed by atoms with Crippen LogP contribution in [0.15, 0.2) is 41.4 Å². The second kappa shape index (κ2) is 8.29. The Morgan fingerprint density at radius 1 is 1.00 bits per heavy atom. The molecule has 0 radical (unpaired) electrons. The smallest absolute Gasteiger partial charge is 0.194 e. The van der Waals surface area contributed by atoms with E-state index in [1.54, 1.807) is 6.07 Å². The summed E-state index contributed by atoms with van der Waals surface area (Å²) in [6.07, 6.45) is 2.33. The number of H-pyrrole nitrogens is 1. The fourth-order valence-electron chi connectivity index (χ4n) is 3.73. The molecule has 1 heterocycles. The Bertz CT molecular complexity index is 1220. The highest BCUT2D eigenvalue weighted by molar-refractivity contribution is 7.92. The summed E-state index contributed by atoms with van der Waals surface area (Å²) in [5.74, 6) is -3.97. The third kappa shape index (κ3) is 4.22. The molecule has 1 aliphatic rings. The van der Waals surface area contributed by atoms with Crippen molar-refractivity contribution < 1.29 is 26.7 Å². The highest BCUT2D eigenvalue weighted by Gasteiger charge is 2.33. The number of aliphatic hydroxyl groups is 1. The lowest BCUT2D eigenvalue weighted by atomic mass is 9.97. The maximum Gasteiger partial charge on any atom is 0.194 e. The molecule has 10 heteroatoms. The maximum absolute atomic E-state index is 13.5. The number of sulfone groups is 1. The SMILES string of the molecule is O=S(=O)(c1cc(-c2ncc(-c3cc(F)c(F)c(F)c3)[nH]2)ccc1Cl)[C@H]1CC[C@H](O)CC1. The number of nitrogens with one attached hydrogen (secondary N) is 1. The fourth-order valence-corrected chi connectivity index (χ4v) is 6.05. The molecule has 1 fully saturated rings. The fraction of sp³-hybridized carbons (Fsp3) is 0.286. The van der Waals surface area contributed by atoms with Gasteiger partial charge in [0.2, 0.25) is 0 Å². The van der Waals surface area contributed by atoms with E-state index in [0.717, 1.165) is 12.1 Å². The zero-order valence-electron chi connectivity index (χ0n) is 16.1. The maximum atomic E-state index is 13.5. The molecule has 1 aromatic heterocycles. The van der Waals surface area contributed by atoms with Crippen LogP contribution in [0, 0.1) is 17.5 Å². The first kappa shape index (κ1) is 21.9. The minimum absolute atomic E-state index is 0.0372. The molecule has 0 amide bonds. The predicted octanol–water partition coefficient (Wildman–Crippen LogP) is 4.89. The van der Waals surface area contributed by atoms with E-state index in [9.17, 15) is 26.7 Å². The summed E-state index contributed by atoms with van der Waals surface area (Å²) in [7, 11) is -3.73. The van der Waals surface area contributed by atoms with Gasteiger partial charge in [0.15, 0.2) is 27.3 Å². The van der Waals surface area contributed by atoms with Crippen LogP contribution < -0.4 is 0 Å². The van der Waals surface area contributed by atoms with Crippen molar-refractivity contribution in [2.75, 3.05) is 0 Å². The van der Waals surface area contributed by atoms with Crippen LogP contribution in [0.1, 0.15) is 25.7 Å². The summed E-state index contributed by atoms with van der Waals surface area (Å²) in [4.78, 5) is 6.98. The predicted molar refractivity (Wildman–Crippen MR) is 110 cm³/mol. The van der Waals surface area contributed by atoms with Crippen LogP contribution in [-0.2, 0) is 9.84 Å². The molecule has 3 aromatic rings. The van der Waals surface area contributed by atoms with Crippen LogP contribution in [0.5, 0.6) is 0 Å². The molecule has 0 aliphatic heterocycles. The van der Waals surface area contributed by atoms with Gasteiger partial charge in [0.1, 0.15) is 5.82 Å². The van der Waals surface area contributed by atoms with E-state index < -0.39 is 38.6 Å². The molecule has 164 valence electrons. The number of rotatable bonds is 4. The lowest BCUT2D eigenvalue weighted by molar-refractivity contribution is 0.131. The number of imidazole rings is 1. The second-order valence-electron chi connectivity index (χ2n) is 7.52.